The molecule has 0 saturated carbocycles. The second-order valence-corrected chi connectivity index (χ2v) is 6.05. The minimum absolute atomic E-state index is 0.0358. The number of amides is 1. The largest absolute Gasteiger partial charge is 0.272 e. The van der Waals surface area contributed by atoms with Crippen molar-refractivity contribution in [1.82, 2.24) is 5.01 Å². The first kappa shape index (κ1) is 12.2. The van der Waals surface area contributed by atoms with Crippen LogP contribution in [0.5, 0.6) is 0 Å². The second kappa shape index (κ2) is 4.30. The van der Waals surface area contributed by atoms with E-state index in [1.165, 1.54) is 5.01 Å². The van der Waals surface area contributed by atoms with Crippen molar-refractivity contribution < 1.29 is 13.2 Å². The molecule has 1 heterocycles. The van der Waals surface area contributed by atoms with E-state index in [-0.39, 0.29) is 24.1 Å². The standard InChI is InChI=1S/C9H16N2O3S/c1-4-8-7(2)10-11(9(8)12)5-6-15(3,13)14/h8H,4-6H2,1-3H3. The van der Waals surface area contributed by atoms with E-state index in [9.17, 15) is 13.2 Å². The van der Waals surface area contributed by atoms with Gasteiger partial charge in [0, 0.05) is 12.0 Å². The maximum atomic E-state index is 11.7. The van der Waals surface area contributed by atoms with Crippen LogP contribution in [0.3, 0.4) is 0 Å². The van der Waals surface area contributed by atoms with Crippen molar-refractivity contribution in [2.75, 3.05) is 18.6 Å². The highest BCUT2D eigenvalue weighted by Gasteiger charge is 2.31. The van der Waals surface area contributed by atoms with Crippen LogP contribution in [0, 0.1) is 5.92 Å². The predicted octanol–water partition coefficient (Wildman–Crippen LogP) is 0.275. The lowest BCUT2D eigenvalue weighted by Gasteiger charge is -2.12. The first-order valence-electron chi connectivity index (χ1n) is 4.89. The second-order valence-electron chi connectivity index (χ2n) is 3.79. The molecule has 5 nitrogen and oxygen atoms in total. The zero-order valence-corrected chi connectivity index (χ0v) is 10.0. The summed E-state index contributed by atoms with van der Waals surface area (Å²) in [6.07, 6.45) is 1.87. The molecule has 0 spiro atoms. The summed E-state index contributed by atoms with van der Waals surface area (Å²) >= 11 is 0. The highest BCUT2D eigenvalue weighted by Crippen LogP contribution is 2.18. The quantitative estimate of drug-likeness (QED) is 0.699. The van der Waals surface area contributed by atoms with Crippen LogP contribution >= 0.6 is 0 Å². The maximum absolute atomic E-state index is 11.7. The van der Waals surface area contributed by atoms with Crippen molar-refractivity contribution >= 4 is 21.5 Å². The van der Waals surface area contributed by atoms with Gasteiger partial charge in [0.1, 0.15) is 9.84 Å². The van der Waals surface area contributed by atoms with E-state index in [1.807, 2.05) is 6.92 Å². The monoisotopic (exact) mass is 232 g/mol. The van der Waals surface area contributed by atoms with Crippen LogP contribution in [0.1, 0.15) is 20.3 Å². The topological polar surface area (TPSA) is 66.8 Å². The number of sulfone groups is 1. The van der Waals surface area contributed by atoms with Crippen molar-refractivity contribution in [3.63, 3.8) is 0 Å². The first-order valence-corrected chi connectivity index (χ1v) is 6.95. The Morgan fingerprint density at radius 2 is 2.07 bits per heavy atom. The van der Waals surface area contributed by atoms with Gasteiger partial charge in [-0.2, -0.15) is 5.10 Å². The Morgan fingerprint density at radius 1 is 1.47 bits per heavy atom. The molecule has 0 aromatic rings. The van der Waals surface area contributed by atoms with Gasteiger partial charge in [-0.1, -0.05) is 6.92 Å². The molecule has 1 atom stereocenters. The van der Waals surface area contributed by atoms with E-state index in [0.717, 1.165) is 12.0 Å². The third kappa shape index (κ3) is 3.02. The fourth-order valence-corrected chi connectivity index (χ4v) is 2.06. The number of rotatable bonds is 4. The number of nitrogens with zero attached hydrogens (tertiary/aromatic N) is 2. The highest BCUT2D eigenvalue weighted by atomic mass is 32.2. The molecule has 1 rings (SSSR count). The number of hydrazone groups is 1. The van der Waals surface area contributed by atoms with Crippen molar-refractivity contribution in [1.29, 1.82) is 0 Å². The summed E-state index contributed by atoms with van der Waals surface area (Å²) in [4.78, 5) is 11.7. The van der Waals surface area contributed by atoms with Crippen molar-refractivity contribution in [3.8, 4) is 0 Å². The van der Waals surface area contributed by atoms with Gasteiger partial charge in [-0.15, -0.1) is 0 Å². The van der Waals surface area contributed by atoms with E-state index < -0.39 is 9.84 Å². The highest BCUT2D eigenvalue weighted by molar-refractivity contribution is 7.90. The normalized spacial score (nSPS) is 22.1. The molecule has 0 aromatic heterocycles. The van der Waals surface area contributed by atoms with Gasteiger partial charge in [-0.05, 0) is 13.3 Å². The lowest BCUT2D eigenvalue weighted by atomic mass is 10.0. The molecule has 1 aliphatic heterocycles. The SMILES string of the molecule is CCC1C(=O)N(CCS(C)(=O)=O)N=C1C. The van der Waals surface area contributed by atoms with Crippen molar-refractivity contribution in [3.05, 3.63) is 0 Å². The van der Waals surface area contributed by atoms with Gasteiger partial charge >= 0.3 is 0 Å². The molecule has 0 radical (unpaired) electrons. The average Bonchev–Trinajstić information content (AvgIpc) is 2.37. The molecule has 0 bridgehead atoms. The Hall–Kier alpha value is -0.910. The van der Waals surface area contributed by atoms with Gasteiger partial charge in [-0.3, -0.25) is 4.79 Å². The van der Waals surface area contributed by atoms with Crippen LogP contribution < -0.4 is 0 Å². The molecule has 6 heteroatoms. The van der Waals surface area contributed by atoms with E-state index in [2.05, 4.69) is 5.10 Å². The molecule has 0 aliphatic carbocycles. The molecule has 0 N–H and O–H groups in total. The van der Waals surface area contributed by atoms with Gasteiger partial charge in [0.15, 0.2) is 0 Å². The molecule has 1 unspecified atom stereocenters. The van der Waals surface area contributed by atoms with Gasteiger partial charge in [0.25, 0.3) is 5.91 Å². The summed E-state index contributed by atoms with van der Waals surface area (Å²) in [7, 11) is -3.04. The maximum Gasteiger partial charge on any atom is 0.251 e. The molecule has 0 fully saturated rings. The number of hydrogen-bond donors (Lipinski definition) is 0. The van der Waals surface area contributed by atoms with Gasteiger partial charge in [0.2, 0.25) is 0 Å². The smallest absolute Gasteiger partial charge is 0.251 e. The lowest BCUT2D eigenvalue weighted by Crippen LogP contribution is -2.30. The van der Waals surface area contributed by atoms with Crippen LogP contribution in [0.25, 0.3) is 0 Å². The van der Waals surface area contributed by atoms with E-state index in [1.54, 1.807) is 6.92 Å². The molecule has 15 heavy (non-hydrogen) atoms. The predicted molar refractivity (Wildman–Crippen MR) is 58.3 cm³/mol. The number of hydrogen-bond acceptors (Lipinski definition) is 4. The third-order valence-electron chi connectivity index (χ3n) is 2.42. The fourth-order valence-electron chi connectivity index (χ4n) is 1.55. The molecule has 1 aliphatic rings. The molecular formula is C9H16N2O3S. The Morgan fingerprint density at radius 3 is 2.47 bits per heavy atom. The minimum Gasteiger partial charge on any atom is -0.272 e. The molecular weight excluding hydrogens is 216 g/mol. The van der Waals surface area contributed by atoms with Crippen molar-refractivity contribution in [2.24, 2.45) is 11.0 Å². The minimum atomic E-state index is -3.04. The third-order valence-corrected chi connectivity index (χ3v) is 3.34. The van der Waals surface area contributed by atoms with E-state index in [4.69, 9.17) is 0 Å². The Bertz CT molecular complexity index is 386. The van der Waals surface area contributed by atoms with Crippen LogP contribution in [-0.4, -0.2) is 43.6 Å². The fraction of sp³-hybridized carbons (Fsp3) is 0.778. The lowest BCUT2D eigenvalue weighted by molar-refractivity contribution is -0.131. The molecule has 0 aromatic carbocycles. The number of carbonyl (C=O) groups is 1. The molecule has 0 saturated heterocycles. The summed E-state index contributed by atoms with van der Waals surface area (Å²) in [6, 6.07) is 0. The summed E-state index contributed by atoms with van der Waals surface area (Å²) in [5.41, 5.74) is 0.774. The van der Waals surface area contributed by atoms with Gasteiger partial charge < -0.3 is 0 Å². The van der Waals surface area contributed by atoms with Crippen LogP contribution in [0.15, 0.2) is 5.10 Å². The Balaban J connectivity index is 2.64. The average molecular weight is 232 g/mol. The van der Waals surface area contributed by atoms with Crippen LogP contribution in [-0.2, 0) is 14.6 Å². The molecule has 1 amide bonds. The van der Waals surface area contributed by atoms with Gasteiger partial charge in [0.05, 0.1) is 18.2 Å². The van der Waals surface area contributed by atoms with Crippen LogP contribution in [0.4, 0.5) is 0 Å². The first-order chi connectivity index (χ1) is 6.85. The summed E-state index contributed by atoms with van der Waals surface area (Å²) in [5.74, 6) is -0.283. The number of carbonyl (C=O) groups excluding carboxylic acids is 1. The van der Waals surface area contributed by atoms with E-state index >= 15 is 0 Å². The van der Waals surface area contributed by atoms with Gasteiger partial charge in [-0.25, -0.2) is 13.4 Å². The Kier molecular flexibility index (Phi) is 3.49. The summed E-state index contributed by atoms with van der Waals surface area (Å²) < 4.78 is 21.9. The summed E-state index contributed by atoms with van der Waals surface area (Å²) in [6.45, 7) is 3.87. The summed E-state index contributed by atoms with van der Waals surface area (Å²) in [5, 5.41) is 5.33. The Labute approximate surface area is 90.1 Å². The van der Waals surface area contributed by atoms with Crippen LogP contribution in [0.2, 0.25) is 0 Å². The van der Waals surface area contributed by atoms with E-state index in [0.29, 0.717) is 6.42 Å². The van der Waals surface area contributed by atoms with Crippen molar-refractivity contribution in [2.45, 2.75) is 20.3 Å². The molecule has 86 valence electrons. The zero-order valence-electron chi connectivity index (χ0n) is 9.23. The zero-order chi connectivity index (χ0) is 11.6.